The number of hydrogen-bond donors (Lipinski definition) is 1. The number of amides is 1. The van der Waals surface area contributed by atoms with E-state index in [1.807, 2.05) is 17.9 Å². The molecular formula is C16H24N2O. The van der Waals surface area contributed by atoms with Gasteiger partial charge in [-0.05, 0) is 37.3 Å². The van der Waals surface area contributed by atoms with Crippen LogP contribution in [0.3, 0.4) is 0 Å². The molecule has 1 saturated heterocycles. The zero-order valence-electron chi connectivity index (χ0n) is 11.9. The molecule has 2 atom stereocenters. The minimum atomic E-state index is -0.00868. The Kier molecular flexibility index (Phi) is 4.59. The number of nitrogens with two attached hydrogens (primary N) is 1. The van der Waals surface area contributed by atoms with Crippen molar-refractivity contribution in [3.63, 3.8) is 0 Å². The number of benzene rings is 1. The highest BCUT2D eigenvalue weighted by atomic mass is 16.2. The van der Waals surface area contributed by atoms with E-state index in [4.69, 9.17) is 5.73 Å². The fourth-order valence-electron chi connectivity index (χ4n) is 2.84. The van der Waals surface area contributed by atoms with E-state index in [0.717, 1.165) is 25.8 Å². The van der Waals surface area contributed by atoms with E-state index < -0.39 is 0 Å². The van der Waals surface area contributed by atoms with Gasteiger partial charge >= 0.3 is 0 Å². The molecule has 0 radical (unpaired) electrons. The molecule has 1 fully saturated rings. The molecule has 3 heteroatoms. The fourth-order valence-corrected chi connectivity index (χ4v) is 2.84. The minimum Gasteiger partial charge on any atom is -0.336 e. The van der Waals surface area contributed by atoms with Gasteiger partial charge in [-0.3, -0.25) is 4.79 Å². The van der Waals surface area contributed by atoms with Gasteiger partial charge in [0, 0.05) is 19.0 Å². The summed E-state index contributed by atoms with van der Waals surface area (Å²) in [6.45, 7) is 5.02. The van der Waals surface area contributed by atoms with E-state index in [0.29, 0.717) is 6.42 Å². The molecule has 1 heterocycles. The molecule has 0 saturated carbocycles. The van der Waals surface area contributed by atoms with Crippen molar-refractivity contribution >= 4 is 5.91 Å². The predicted octanol–water partition coefficient (Wildman–Crippen LogP) is 2.79. The molecule has 0 bridgehead atoms. The molecule has 1 aliphatic heterocycles. The van der Waals surface area contributed by atoms with Gasteiger partial charge < -0.3 is 10.6 Å². The van der Waals surface area contributed by atoms with Crippen LogP contribution in [0, 0.1) is 6.92 Å². The number of carbonyl (C=O) groups excluding carboxylic acids is 1. The number of carbonyl (C=O) groups is 1. The first kappa shape index (κ1) is 14.1. The summed E-state index contributed by atoms with van der Waals surface area (Å²) in [5.74, 6) is 0.208. The monoisotopic (exact) mass is 260 g/mol. The Balaban J connectivity index is 2.13. The summed E-state index contributed by atoms with van der Waals surface area (Å²) in [5, 5.41) is 0. The molecular weight excluding hydrogens is 236 g/mol. The van der Waals surface area contributed by atoms with Crippen molar-refractivity contribution in [2.24, 2.45) is 5.73 Å². The van der Waals surface area contributed by atoms with Crippen LogP contribution < -0.4 is 5.73 Å². The van der Waals surface area contributed by atoms with Crippen LogP contribution in [0.25, 0.3) is 0 Å². The normalized spacial score (nSPS) is 20.6. The summed E-state index contributed by atoms with van der Waals surface area (Å²) in [7, 11) is 0. The number of likely N-dealkylation sites (tertiary alicyclic amines) is 1. The summed E-state index contributed by atoms with van der Waals surface area (Å²) in [6, 6.07) is 8.61. The Hall–Kier alpha value is -1.35. The number of aryl methyl sites for hydroxylation is 1. The van der Waals surface area contributed by atoms with Gasteiger partial charge in [0.25, 0.3) is 0 Å². The van der Waals surface area contributed by atoms with E-state index in [-0.39, 0.29) is 18.0 Å². The predicted molar refractivity (Wildman–Crippen MR) is 77.8 cm³/mol. The van der Waals surface area contributed by atoms with Crippen LogP contribution in [-0.4, -0.2) is 23.4 Å². The topological polar surface area (TPSA) is 46.3 Å². The molecule has 104 valence electrons. The van der Waals surface area contributed by atoms with Gasteiger partial charge in [-0.1, -0.05) is 31.2 Å². The SMILES string of the molecule is CCC(N)CC(=O)N1CCCC1c1ccccc1C. The van der Waals surface area contributed by atoms with Crippen molar-refractivity contribution in [1.29, 1.82) is 0 Å². The van der Waals surface area contributed by atoms with Gasteiger partial charge in [0.05, 0.1) is 6.04 Å². The van der Waals surface area contributed by atoms with Crippen molar-refractivity contribution < 1.29 is 4.79 Å². The Bertz CT molecular complexity index is 444. The number of hydrogen-bond acceptors (Lipinski definition) is 2. The Morgan fingerprint density at radius 1 is 1.47 bits per heavy atom. The number of rotatable bonds is 4. The van der Waals surface area contributed by atoms with Crippen LogP contribution in [-0.2, 0) is 4.79 Å². The molecule has 0 aliphatic carbocycles. The standard InChI is InChI=1S/C16H24N2O/c1-3-13(17)11-16(19)18-10-6-9-15(18)14-8-5-4-7-12(14)2/h4-5,7-8,13,15H,3,6,9-11,17H2,1-2H3. The summed E-state index contributed by atoms with van der Waals surface area (Å²) in [5.41, 5.74) is 8.47. The Morgan fingerprint density at radius 3 is 2.89 bits per heavy atom. The largest absolute Gasteiger partial charge is 0.336 e. The summed E-state index contributed by atoms with van der Waals surface area (Å²) in [6.07, 6.45) is 3.48. The Labute approximate surface area is 115 Å². The zero-order chi connectivity index (χ0) is 13.8. The maximum atomic E-state index is 12.4. The van der Waals surface area contributed by atoms with Crippen LogP contribution in [0.5, 0.6) is 0 Å². The second-order valence-electron chi connectivity index (χ2n) is 5.47. The first-order valence-corrected chi connectivity index (χ1v) is 7.24. The smallest absolute Gasteiger partial charge is 0.224 e. The van der Waals surface area contributed by atoms with Gasteiger partial charge in [-0.25, -0.2) is 0 Å². The van der Waals surface area contributed by atoms with Crippen LogP contribution >= 0.6 is 0 Å². The van der Waals surface area contributed by atoms with E-state index in [1.165, 1.54) is 11.1 Å². The van der Waals surface area contributed by atoms with Crippen molar-refractivity contribution in [3.05, 3.63) is 35.4 Å². The first-order valence-electron chi connectivity index (χ1n) is 7.24. The third-order valence-electron chi connectivity index (χ3n) is 4.08. The van der Waals surface area contributed by atoms with Gasteiger partial charge in [0.1, 0.15) is 0 Å². The molecule has 0 aromatic heterocycles. The first-order chi connectivity index (χ1) is 9.13. The van der Waals surface area contributed by atoms with E-state index in [9.17, 15) is 4.79 Å². The van der Waals surface area contributed by atoms with E-state index >= 15 is 0 Å². The lowest BCUT2D eigenvalue weighted by molar-refractivity contribution is -0.132. The molecule has 19 heavy (non-hydrogen) atoms. The van der Waals surface area contributed by atoms with Gasteiger partial charge in [0.15, 0.2) is 0 Å². The molecule has 0 spiro atoms. The third-order valence-corrected chi connectivity index (χ3v) is 4.08. The van der Waals surface area contributed by atoms with E-state index in [2.05, 4.69) is 25.1 Å². The average molecular weight is 260 g/mol. The minimum absolute atomic E-state index is 0.00868. The van der Waals surface area contributed by atoms with Crippen molar-refractivity contribution in [2.75, 3.05) is 6.54 Å². The molecule has 1 aromatic rings. The fraction of sp³-hybridized carbons (Fsp3) is 0.562. The lowest BCUT2D eigenvalue weighted by atomic mass is 9.99. The second kappa shape index (κ2) is 6.20. The highest BCUT2D eigenvalue weighted by molar-refractivity contribution is 5.77. The lowest BCUT2D eigenvalue weighted by Gasteiger charge is -2.27. The maximum absolute atomic E-state index is 12.4. The maximum Gasteiger partial charge on any atom is 0.224 e. The zero-order valence-corrected chi connectivity index (χ0v) is 11.9. The van der Waals surface area contributed by atoms with Crippen molar-refractivity contribution in [2.45, 2.75) is 51.6 Å². The quantitative estimate of drug-likeness (QED) is 0.905. The van der Waals surface area contributed by atoms with Crippen molar-refractivity contribution in [1.82, 2.24) is 4.90 Å². The molecule has 2 unspecified atom stereocenters. The summed E-state index contributed by atoms with van der Waals surface area (Å²) >= 11 is 0. The summed E-state index contributed by atoms with van der Waals surface area (Å²) < 4.78 is 0. The van der Waals surface area contributed by atoms with E-state index in [1.54, 1.807) is 0 Å². The summed E-state index contributed by atoms with van der Waals surface area (Å²) in [4.78, 5) is 14.4. The van der Waals surface area contributed by atoms with Crippen LogP contribution in [0.15, 0.2) is 24.3 Å². The highest BCUT2D eigenvalue weighted by Gasteiger charge is 2.30. The lowest BCUT2D eigenvalue weighted by Crippen LogP contribution is -2.35. The van der Waals surface area contributed by atoms with Crippen LogP contribution in [0.4, 0.5) is 0 Å². The van der Waals surface area contributed by atoms with Gasteiger partial charge in [-0.15, -0.1) is 0 Å². The number of nitrogens with zero attached hydrogens (tertiary/aromatic N) is 1. The molecule has 3 nitrogen and oxygen atoms in total. The highest BCUT2D eigenvalue weighted by Crippen LogP contribution is 2.34. The average Bonchev–Trinajstić information content (AvgIpc) is 2.88. The molecule has 2 N–H and O–H groups in total. The molecule has 1 aliphatic rings. The van der Waals surface area contributed by atoms with Gasteiger partial charge in [-0.2, -0.15) is 0 Å². The van der Waals surface area contributed by atoms with Crippen LogP contribution in [0.1, 0.15) is 49.8 Å². The van der Waals surface area contributed by atoms with Gasteiger partial charge in [0.2, 0.25) is 5.91 Å². The molecule has 1 amide bonds. The molecule has 2 rings (SSSR count). The van der Waals surface area contributed by atoms with Crippen LogP contribution in [0.2, 0.25) is 0 Å². The third kappa shape index (κ3) is 3.16. The Morgan fingerprint density at radius 2 is 2.21 bits per heavy atom. The van der Waals surface area contributed by atoms with Crippen molar-refractivity contribution in [3.8, 4) is 0 Å². The molecule has 1 aromatic carbocycles. The second-order valence-corrected chi connectivity index (χ2v) is 5.47.